The molecule has 3 heterocycles. The summed E-state index contributed by atoms with van der Waals surface area (Å²) in [6.07, 6.45) is 7.78. The molecule has 1 amide bonds. The van der Waals surface area contributed by atoms with Crippen LogP contribution >= 0.6 is 0 Å². The van der Waals surface area contributed by atoms with E-state index in [2.05, 4.69) is 66.4 Å². The zero-order valence-corrected chi connectivity index (χ0v) is 20.1. The quantitative estimate of drug-likeness (QED) is 0.760. The summed E-state index contributed by atoms with van der Waals surface area (Å²) in [4.78, 5) is 16.4. The van der Waals surface area contributed by atoms with Gasteiger partial charge in [-0.25, -0.2) is 0 Å². The van der Waals surface area contributed by atoms with E-state index < -0.39 is 0 Å². The van der Waals surface area contributed by atoms with E-state index in [-0.39, 0.29) is 17.4 Å². The van der Waals surface area contributed by atoms with Crippen molar-refractivity contribution in [2.75, 3.05) is 0 Å². The maximum atomic E-state index is 14.1. The maximum Gasteiger partial charge on any atom is 0.272 e. The largest absolute Gasteiger partial charge is 0.329 e. The normalized spacial score (nSPS) is 31.7. The molecule has 0 radical (unpaired) electrons. The van der Waals surface area contributed by atoms with Crippen LogP contribution in [-0.2, 0) is 19.9 Å². The fourth-order valence-corrected chi connectivity index (χ4v) is 6.80. The number of fused-ring (bicyclic) bond motifs is 1. The lowest BCUT2D eigenvalue weighted by Crippen LogP contribution is -2.57. The first-order valence-electron chi connectivity index (χ1n) is 12.5. The van der Waals surface area contributed by atoms with Gasteiger partial charge in [0.05, 0.1) is 5.69 Å². The molecule has 1 aliphatic carbocycles. The molecule has 0 spiro atoms. The van der Waals surface area contributed by atoms with Gasteiger partial charge in [-0.2, -0.15) is 5.10 Å². The van der Waals surface area contributed by atoms with Crippen LogP contribution in [0.25, 0.3) is 0 Å². The topological polar surface area (TPSA) is 50.2 Å². The Bertz CT molecular complexity index is 967. The van der Waals surface area contributed by atoms with Crippen LogP contribution in [0.15, 0.2) is 36.4 Å². The summed E-state index contributed by atoms with van der Waals surface area (Å²) in [5.41, 5.74) is 3.27. The average Bonchev–Trinajstić information content (AvgIpc) is 3.18. The summed E-state index contributed by atoms with van der Waals surface area (Å²) in [6.45, 7) is 6.84. The highest BCUT2D eigenvalue weighted by atomic mass is 16.2. The van der Waals surface area contributed by atoms with Crippen molar-refractivity contribution in [3.05, 3.63) is 53.3 Å². The van der Waals surface area contributed by atoms with E-state index in [1.165, 1.54) is 24.8 Å². The van der Waals surface area contributed by atoms with Gasteiger partial charge in [-0.05, 0) is 49.7 Å². The standard InChI is InChI=1S/C27H38N4O/c1-18(2)14-20-16-22(30(4)29-20)26(32)31-23-17-27(3)24(12-8-9-13-25(27)31)28-21(23)15-19-10-6-5-7-11-19/h5-7,10-11,16,18,21,23-25,28H,8-9,12-15,17H2,1-4H3/t21-,23+,24-,25+,27-/m1/s1. The van der Waals surface area contributed by atoms with Crippen molar-refractivity contribution in [2.24, 2.45) is 18.4 Å². The molecule has 1 aromatic carbocycles. The Labute approximate surface area is 192 Å². The van der Waals surface area contributed by atoms with Crippen LogP contribution in [0.2, 0.25) is 0 Å². The van der Waals surface area contributed by atoms with Gasteiger partial charge in [0.1, 0.15) is 5.69 Å². The van der Waals surface area contributed by atoms with E-state index >= 15 is 0 Å². The van der Waals surface area contributed by atoms with Crippen molar-refractivity contribution in [2.45, 2.75) is 89.9 Å². The smallest absolute Gasteiger partial charge is 0.272 e. The van der Waals surface area contributed by atoms with Crippen LogP contribution in [0.1, 0.15) is 74.6 Å². The summed E-state index contributed by atoms with van der Waals surface area (Å²) < 4.78 is 1.82. The predicted octanol–water partition coefficient (Wildman–Crippen LogP) is 4.37. The number of benzene rings is 1. The van der Waals surface area contributed by atoms with Gasteiger partial charge >= 0.3 is 0 Å². The molecule has 2 saturated heterocycles. The molecule has 2 aromatic rings. The number of aryl methyl sites for hydroxylation is 1. The third-order valence-corrected chi connectivity index (χ3v) is 8.30. The molecular formula is C27H38N4O. The van der Waals surface area contributed by atoms with Crippen LogP contribution in [0.4, 0.5) is 0 Å². The molecule has 3 fully saturated rings. The maximum absolute atomic E-state index is 14.1. The number of amides is 1. The Kier molecular flexibility index (Phi) is 5.65. The third-order valence-electron chi connectivity index (χ3n) is 8.30. The SMILES string of the molecule is CC(C)Cc1cc(C(=O)N2[C@H]3CCCC[C@H]4N[C@H](Cc5ccccc5)[C@@H]2C[C@@]34C)n(C)n1. The van der Waals surface area contributed by atoms with Gasteiger partial charge in [0.2, 0.25) is 0 Å². The summed E-state index contributed by atoms with van der Waals surface area (Å²) in [5.74, 6) is 0.705. The van der Waals surface area contributed by atoms with Crippen molar-refractivity contribution >= 4 is 5.91 Å². The highest BCUT2D eigenvalue weighted by molar-refractivity contribution is 5.93. The molecule has 2 aliphatic heterocycles. The second-order valence-electron chi connectivity index (χ2n) is 11.0. The summed E-state index contributed by atoms with van der Waals surface area (Å²) in [7, 11) is 1.93. The average molecular weight is 435 g/mol. The molecule has 1 aromatic heterocycles. The Morgan fingerprint density at radius 2 is 1.97 bits per heavy atom. The highest BCUT2D eigenvalue weighted by Crippen LogP contribution is 2.52. The molecular weight excluding hydrogens is 396 g/mol. The first kappa shape index (κ1) is 21.7. The van der Waals surface area contributed by atoms with Crippen molar-refractivity contribution in [3.8, 4) is 0 Å². The Morgan fingerprint density at radius 1 is 1.22 bits per heavy atom. The highest BCUT2D eigenvalue weighted by Gasteiger charge is 2.60. The molecule has 1 saturated carbocycles. The number of rotatable bonds is 5. The second kappa shape index (κ2) is 8.33. The van der Waals surface area contributed by atoms with Crippen molar-refractivity contribution in [3.63, 3.8) is 0 Å². The van der Waals surface area contributed by atoms with E-state index in [0.29, 0.717) is 24.0 Å². The minimum Gasteiger partial charge on any atom is -0.329 e. The fraction of sp³-hybridized carbons (Fsp3) is 0.630. The number of carbonyl (C=O) groups is 1. The zero-order valence-electron chi connectivity index (χ0n) is 20.1. The Hall–Kier alpha value is -2.14. The number of aromatic nitrogens is 2. The van der Waals surface area contributed by atoms with E-state index in [1.807, 2.05) is 17.8 Å². The van der Waals surface area contributed by atoms with Crippen molar-refractivity contribution in [1.82, 2.24) is 20.0 Å². The van der Waals surface area contributed by atoms with Crippen LogP contribution in [0.3, 0.4) is 0 Å². The molecule has 1 N–H and O–H groups in total. The van der Waals surface area contributed by atoms with Gasteiger partial charge in [0.25, 0.3) is 5.91 Å². The van der Waals surface area contributed by atoms with E-state index in [4.69, 9.17) is 0 Å². The predicted molar refractivity (Wildman–Crippen MR) is 128 cm³/mol. The second-order valence-corrected chi connectivity index (χ2v) is 11.0. The molecule has 5 heteroatoms. The zero-order chi connectivity index (χ0) is 22.5. The molecule has 5 rings (SSSR count). The van der Waals surface area contributed by atoms with E-state index in [9.17, 15) is 4.79 Å². The first-order valence-corrected chi connectivity index (χ1v) is 12.5. The fourth-order valence-electron chi connectivity index (χ4n) is 6.80. The molecule has 0 unspecified atom stereocenters. The van der Waals surface area contributed by atoms with Gasteiger partial charge in [0, 0.05) is 36.6 Å². The lowest BCUT2D eigenvalue weighted by molar-refractivity contribution is 0.0600. The molecule has 172 valence electrons. The number of hydrogen-bond acceptors (Lipinski definition) is 3. The molecule has 5 atom stereocenters. The van der Waals surface area contributed by atoms with Crippen LogP contribution in [-0.4, -0.2) is 44.8 Å². The van der Waals surface area contributed by atoms with Crippen molar-refractivity contribution < 1.29 is 4.79 Å². The van der Waals surface area contributed by atoms with Gasteiger partial charge < -0.3 is 10.2 Å². The Balaban J connectivity index is 1.50. The first-order chi connectivity index (χ1) is 15.4. The lowest BCUT2D eigenvalue weighted by atomic mass is 9.70. The van der Waals surface area contributed by atoms with Crippen LogP contribution in [0, 0.1) is 11.3 Å². The minimum absolute atomic E-state index is 0.156. The molecule has 3 aliphatic rings. The number of piperidine rings is 1. The lowest BCUT2D eigenvalue weighted by Gasteiger charge is -2.43. The van der Waals surface area contributed by atoms with E-state index in [0.717, 1.165) is 37.1 Å². The van der Waals surface area contributed by atoms with Gasteiger partial charge in [-0.3, -0.25) is 9.48 Å². The molecule has 32 heavy (non-hydrogen) atoms. The number of carbonyl (C=O) groups excluding carboxylic acids is 1. The summed E-state index contributed by atoms with van der Waals surface area (Å²) in [6, 6.07) is 14.1. The van der Waals surface area contributed by atoms with Crippen molar-refractivity contribution in [1.29, 1.82) is 0 Å². The summed E-state index contributed by atoms with van der Waals surface area (Å²) in [5, 5.41) is 8.73. The Morgan fingerprint density at radius 3 is 2.72 bits per heavy atom. The van der Waals surface area contributed by atoms with Crippen LogP contribution < -0.4 is 5.32 Å². The number of likely N-dealkylation sites (tertiary alicyclic amines) is 1. The monoisotopic (exact) mass is 434 g/mol. The summed E-state index contributed by atoms with van der Waals surface area (Å²) >= 11 is 0. The van der Waals surface area contributed by atoms with Gasteiger partial charge in [0.15, 0.2) is 0 Å². The van der Waals surface area contributed by atoms with Gasteiger partial charge in [-0.15, -0.1) is 0 Å². The number of nitrogens with one attached hydrogen (secondary N) is 1. The van der Waals surface area contributed by atoms with Gasteiger partial charge in [-0.1, -0.05) is 63.9 Å². The minimum atomic E-state index is 0.156. The van der Waals surface area contributed by atoms with E-state index in [1.54, 1.807) is 0 Å². The number of nitrogens with zero attached hydrogens (tertiary/aromatic N) is 3. The molecule has 5 nitrogen and oxygen atoms in total. The molecule has 2 bridgehead atoms. The third kappa shape index (κ3) is 3.68. The number of hydrogen-bond donors (Lipinski definition) is 1. The van der Waals surface area contributed by atoms with Crippen LogP contribution in [0.5, 0.6) is 0 Å².